The molecule has 0 radical (unpaired) electrons. The molecular formula is C12H18ClNO4S. The number of aliphatic hydroxyl groups excluding tert-OH is 1. The minimum atomic E-state index is -3.79. The van der Waals surface area contributed by atoms with Crippen molar-refractivity contribution in [1.29, 1.82) is 0 Å². The van der Waals surface area contributed by atoms with Gasteiger partial charge in [-0.2, -0.15) is 0 Å². The Kier molecular flexibility index (Phi) is 5.61. The second-order valence-corrected chi connectivity index (χ2v) is 6.25. The SMILES string of the molecule is CCC(CO)NS(=O)(=O)c1cc(Cl)c(C)cc1OC. The van der Waals surface area contributed by atoms with Crippen molar-refractivity contribution in [3.8, 4) is 5.75 Å². The molecular weight excluding hydrogens is 290 g/mol. The first-order chi connectivity index (χ1) is 8.85. The van der Waals surface area contributed by atoms with Gasteiger partial charge in [0.15, 0.2) is 0 Å². The van der Waals surface area contributed by atoms with Gasteiger partial charge in [0.1, 0.15) is 10.6 Å². The van der Waals surface area contributed by atoms with Crippen LogP contribution in [0.15, 0.2) is 17.0 Å². The molecule has 0 aliphatic rings. The number of methoxy groups -OCH3 is 1. The molecule has 0 heterocycles. The van der Waals surface area contributed by atoms with Crippen molar-refractivity contribution >= 4 is 21.6 Å². The second kappa shape index (κ2) is 6.56. The molecule has 1 rings (SSSR count). The van der Waals surface area contributed by atoms with Gasteiger partial charge in [0.25, 0.3) is 0 Å². The topological polar surface area (TPSA) is 75.6 Å². The highest BCUT2D eigenvalue weighted by Crippen LogP contribution is 2.30. The van der Waals surface area contributed by atoms with Gasteiger partial charge in [-0.25, -0.2) is 13.1 Å². The van der Waals surface area contributed by atoms with Crippen molar-refractivity contribution in [3.05, 3.63) is 22.7 Å². The molecule has 0 amide bonds. The molecule has 7 heteroatoms. The molecule has 2 N–H and O–H groups in total. The van der Waals surface area contributed by atoms with Crippen LogP contribution in [0.1, 0.15) is 18.9 Å². The van der Waals surface area contributed by atoms with E-state index in [-0.39, 0.29) is 17.3 Å². The summed E-state index contributed by atoms with van der Waals surface area (Å²) in [6, 6.07) is 2.38. The Bertz CT molecular complexity index is 541. The van der Waals surface area contributed by atoms with Crippen molar-refractivity contribution in [3.63, 3.8) is 0 Å². The standard InChI is InChI=1S/C12H18ClNO4S/c1-4-9(7-15)14-19(16,17)12-6-10(13)8(2)5-11(12)18-3/h5-6,9,14-15H,4,7H2,1-3H3. The number of sulfonamides is 1. The maximum absolute atomic E-state index is 12.2. The van der Waals surface area contributed by atoms with Crippen LogP contribution >= 0.6 is 11.6 Å². The number of benzene rings is 1. The monoisotopic (exact) mass is 307 g/mol. The van der Waals surface area contributed by atoms with Crippen LogP contribution < -0.4 is 9.46 Å². The molecule has 108 valence electrons. The molecule has 1 aromatic rings. The minimum Gasteiger partial charge on any atom is -0.495 e. The lowest BCUT2D eigenvalue weighted by Crippen LogP contribution is -2.37. The highest BCUT2D eigenvalue weighted by molar-refractivity contribution is 7.89. The first kappa shape index (κ1) is 16.2. The van der Waals surface area contributed by atoms with Crippen molar-refractivity contribution in [2.75, 3.05) is 13.7 Å². The van der Waals surface area contributed by atoms with E-state index in [1.807, 2.05) is 0 Å². The van der Waals surface area contributed by atoms with Crippen LogP contribution in [0.25, 0.3) is 0 Å². The Morgan fingerprint density at radius 2 is 2.11 bits per heavy atom. The Labute approximate surface area is 118 Å². The number of hydrogen-bond acceptors (Lipinski definition) is 4. The van der Waals surface area contributed by atoms with E-state index < -0.39 is 16.1 Å². The fourth-order valence-electron chi connectivity index (χ4n) is 1.54. The van der Waals surface area contributed by atoms with Gasteiger partial charge in [-0.05, 0) is 31.0 Å². The number of rotatable bonds is 6. The van der Waals surface area contributed by atoms with Gasteiger partial charge in [0, 0.05) is 11.1 Å². The lowest BCUT2D eigenvalue weighted by atomic mass is 10.2. The predicted octanol–water partition coefficient (Wildman–Crippen LogP) is 1.71. The van der Waals surface area contributed by atoms with Crippen LogP contribution in [0.4, 0.5) is 0 Å². The first-order valence-electron chi connectivity index (χ1n) is 5.83. The normalized spacial score (nSPS) is 13.3. The fourth-order valence-corrected chi connectivity index (χ4v) is 3.25. The molecule has 5 nitrogen and oxygen atoms in total. The van der Waals surface area contributed by atoms with Gasteiger partial charge in [0.2, 0.25) is 10.0 Å². The molecule has 1 aromatic carbocycles. The number of nitrogens with one attached hydrogen (secondary N) is 1. The van der Waals surface area contributed by atoms with Crippen molar-refractivity contribution < 1.29 is 18.3 Å². The molecule has 0 saturated heterocycles. The smallest absolute Gasteiger partial charge is 0.244 e. The Morgan fingerprint density at radius 3 is 2.58 bits per heavy atom. The molecule has 1 atom stereocenters. The van der Waals surface area contributed by atoms with E-state index >= 15 is 0 Å². The van der Waals surface area contributed by atoms with Gasteiger partial charge < -0.3 is 9.84 Å². The van der Waals surface area contributed by atoms with Gasteiger partial charge >= 0.3 is 0 Å². The van der Waals surface area contributed by atoms with E-state index in [9.17, 15) is 8.42 Å². The Hall–Kier alpha value is -0.820. The highest BCUT2D eigenvalue weighted by atomic mass is 35.5. The molecule has 0 aliphatic carbocycles. The zero-order chi connectivity index (χ0) is 14.6. The number of ether oxygens (including phenoxy) is 1. The van der Waals surface area contributed by atoms with E-state index in [1.165, 1.54) is 13.2 Å². The van der Waals surface area contributed by atoms with Gasteiger partial charge in [-0.3, -0.25) is 0 Å². The van der Waals surface area contributed by atoms with E-state index in [0.29, 0.717) is 11.4 Å². The summed E-state index contributed by atoms with van der Waals surface area (Å²) in [6.07, 6.45) is 0.484. The first-order valence-corrected chi connectivity index (χ1v) is 7.69. The Morgan fingerprint density at radius 1 is 1.47 bits per heavy atom. The summed E-state index contributed by atoms with van der Waals surface area (Å²) in [5.41, 5.74) is 0.728. The molecule has 0 saturated carbocycles. The highest BCUT2D eigenvalue weighted by Gasteiger charge is 2.23. The average molecular weight is 308 g/mol. The fraction of sp³-hybridized carbons (Fsp3) is 0.500. The number of halogens is 1. The van der Waals surface area contributed by atoms with Gasteiger partial charge in [-0.15, -0.1) is 0 Å². The van der Waals surface area contributed by atoms with Crippen LogP contribution in [-0.4, -0.2) is 33.3 Å². The Balaban J connectivity index is 3.24. The lowest BCUT2D eigenvalue weighted by Gasteiger charge is -2.16. The lowest BCUT2D eigenvalue weighted by molar-refractivity contribution is 0.253. The molecule has 0 bridgehead atoms. The van der Waals surface area contributed by atoms with E-state index in [4.69, 9.17) is 21.4 Å². The summed E-state index contributed by atoms with van der Waals surface area (Å²) in [7, 11) is -2.39. The van der Waals surface area contributed by atoms with Crippen molar-refractivity contribution in [2.45, 2.75) is 31.2 Å². The second-order valence-electron chi connectivity index (χ2n) is 4.16. The third kappa shape index (κ3) is 3.82. The zero-order valence-electron chi connectivity index (χ0n) is 11.1. The van der Waals surface area contributed by atoms with Crippen molar-refractivity contribution in [2.24, 2.45) is 0 Å². The summed E-state index contributed by atoms with van der Waals surface area (Å²) >= 11 is 5.96. The molecule has 19 heavy (non-hydrogen) atoms. The number of aryl methyl sites for hydroxylation is 1. The van der Waals surface area contributed by atoms with E-state index in [1.54, 1.807) is 19.9 Å². The van der Waals surface area contributed by atoms with Crippen LogP contribution in [-0.2, 0) is 10.0 Å². The van der Waals surface area contributed by atoms with Gasteiger partial charge in [0.05, 0.1) is 13.7 Å². The molecule has 0 aromatic heterocycles. The van der Waals surface area contributed by atoms with Crippen LogP contribution in [0.2, 0.25) is 5.02 Å². The van der Waals surface area contributed by atoms with E-state index in [2.05, 4.69) is 4.72 Å². The van der Waals surface area contributed by atoms with Crippen LogP contribution in [0.3, 0.4) is 0 Å². The maximum Gasteiger partial charge on any atom is 0.244 e. The maximum atomic E-state index is 12.2. The largest absolute Gasteiger partial charge is 0.495 e. The summed E-state index contributed by atoms with van der Waals surface area (Å²) < 4.78 is 32.0. The molecule has 0 spiro atoms. The molecule has 0 aliphatic heterocycles. The summed E-state index contributed by atoms with van der Waals surface area (Å²) in [6.45, 7) is 3.28. The van der Waals surface area contributed by atoms with Gasteiger partial charge in [-0.1, -0.05) is 18.5 Å². The quantitative estimate of drug-likeness (QED) is 0.839. The number of aliphatic hydroxyl groups is 1. The third-order valence-corrected chi connectivity index (χ3v) is 4.72. The zero-order valence-corrected chi connectivity index (χ0v) is 12.7. The van der Waals surface area contributed by atoms with E-state index in [0.717, 1.165) is 5.56 Å². The van der Waals surface area contributed by atoms with Crippen molar-refractivity contribution in [1.82, 2.24) is 4.72 Å². The number of hydrogen-bond donors (Lipinski definition) is 2. The average Bonchev–Trinajstić information content (AvgIpc) is 2.38. The molecule has 1 unspecified atom stereocenters. The summed E-state index contributed by atoms with van der Waals surface area (Å²) in [5, 5.41) is 9.42. The predicted molar refractivity (Wildman–Crippen MR) is 74.2 cm³/mol. The molecule has 0 fully saturated rings. The van der Waals surface area contributed by atoms with Crippen LogP contribution in [0, 0.1) is 6.92 Å². The minimum absolute atomic E-state index is 0.0301. The summed E-state index contributed by atoms with van der Waals surface area (Å²) in [4.78, 5) is -0.0301. The van der Waals surface area contributed by atoms with Crippen LogP contribution in [0.5, 0.6) is 5.75 Å². The summed E-state index contributed by atoms with van der Waals surface area (Å²) in [5.74, 6) is 0.224. The third-order valence-electron chi connectivity index (χ3n) is 2.77.